The lowest BCUT2D eigenvalue weighted by Crippen LogP contribution is -2.47. The molecule has 1 aromatic heterocycles. The van der Waals surface area contributed by atoms with Crippen molar-refractivity contribution in [3.05, 3.63) is 30.1 Å². The van der Waals surface area contributed by atoms with Crippen molar-refractivity contribution in [3.8, 4) is 0 Å². The first kappa shape index (κ1) is 16.4. The van der Waals surface area contributed by atoms with Crippen LogP contribution in [-0.4, -0.2) is 30.8 Å². The van der Waals surface area contributed by atoms with Gasteiger partial charge in [0.05, 0.1) is 6.10 Å². The van der Waals surface area contributed by atoms with Crippen LogP contribution >= 0.6 is 0 Å². The lowest BCUT2D eigenvalue weighted by molar-refractivity contribution is 0.00833. The van der Waals surface area contributed by atoms with Gasteiger partial charge in [-0.3, -0.25) is 4.98 Å². The van der Waals surface area contributed by atoms with Gasteiger partial charge in [-0.2, -0.15) is 0 Å². The van der Waals surface area contributed by atoms with Crippen molar-refractivity contribution >= 4 is 0 Å². The summed E-state index contributed by atoms with van der Waals surface area (Å²) in [5.74, 6) is 0.708. The lowest BCUT2D eigenvalue weighted by Gasteiger charge is -2.35. The predicted octanol–water partition coefficient (Wildman–Crippen LogP) is 3.59. The van der Waals surface area contributed by atoms with Crippen LogP contribution in [0.2, 0.25) is 0 Å². The van der Waals surface area contributed by atoms with Crippen molar-refractivity contribution in [2.45, 2.75) is 64.0 Å². The largest absolute Gasteiger partial charge is 0.380 e. The number of rotatable bonds is 8. The summed E-state index contributed by atoms with van der Waals surface area (Å²) in [5.41, 5.74) is 1.34. The predicted molar refractivity (Wildman–Crippen MR) is 87.4 cm³/mol. The first-order valence-corrected chi connectivity index (χ1v) is 8.50. The second kappa shape index (κ2) is 9.16. The number of aromatic nitrogens is 1. The maximum atomic E-state index is 5.94. The molecule has 118 valence electrons. The zero-order valence-corrected chi connectivity index (χ0v) is 13.6. The number of ether oxygens (including phenoxy) is 1. The molecule has 0 aliphatic heterocycles. The molecule has 0 bridgehead atoms. The van der Waals surface area contributed by atoms with Gasteiger partial charge in [0.25, 0.3) is 0 Å². The van der Waals surface area contributed by atoms with E-state index < -0.39 is 0 Å². The molecule has 3 nitrogen and oxygen atoms in total. The van der Waals surface area contributed by atoms with E-state index in [1.807, 2.05) is 19.5 Å². The van der Waals surface area contributed by atoms with Crippen molar-refractivity contribution in [1.29, 1.82) is 0 Å². The van der Waals surface area contributed by atoms with Crippen LogP contribution in [-0.2, 0) is 11.2 Å². The van der Waals surface area contributed by atoms with E-state index in [1.165, 1.54) is 37.7 Å². The van der Waals surface area contributed by atoms with Gasteiger partial charge in [0, 0.05) is 25.5 Å². The van der Waals surface area contributed by atoms with Gasteiger partial charge in [0.15, 0.2) is 0 Å². The molecule has 1 N–H and O–H groups in total. The standard InChI is InChI=1S/C18H30N2O/c1-3-11-20-17(14-15-9-12-19-13-10-15)18(21-2)16-7-5-4-6-8-16/h9-10,12-13,16-18,20H,3-8,11,14H2,1-2H3. The van der Waals surface area contributed by atoms with E-state index in [-0.39, 0.29) is 0 Å². The van der Waals surface area contributed by atoms with Crippen LogP contribution in [0.3, 0.4) is 0 Å². The Morgan fingerprint density at radius 3 is 2.57 bits per heavy atom. The minimum absolute atomic E-state index is 0.324. The molecular weight excluding hydrogens is 260 g/mol. The van der Waals surface area contributed by atoms with Gasteiger partial charge in [-0.25, -0.2) is 0 Å². The van der Waals surface area contributed by atoms with Crippen LogP contribution in [0.1, 0.15) is 51.0 Å². The molecule has 1 heterocycles. The number of nitrogens with one attached hydrogen (secondary N) is 1. The van der Waals surface area contributed by atoms with Crippen LogP contribution in [0.15, 0.2) is 24.5 Å². The van der Waals surface area contributed by atoms with Crippen LogP contribution in [0.5, 0.6) is 0 Å². The number of methoxy groups -OCH3 is 1. The quantitative estimate of drug-likeness (QED) is 0.794. The Morgan fingerprint density at radius 1 is 1.24 bits per heavy atom. The first-order valence-electron chi connectivity index (χ1n) is 8.50. The Kier molecular flexibility index (Phi) is 7.17. The van der Waals surface area contributed by atoms with E-state index >= 15 is 0 Å². The van der Waals surface area contributed by atoms with E-state index in [4.69, 9.17) is 4.74 Å². The highest BCUT2D eigenvalue weighted by atomic mass is 16.5. The Balaban J connectivity index is 2.04. The highest BCUT2D eigenvalue weighted by molar-refractivity contribution is 5.12. The third kappa shape index (κ3) is 5.08. The zero-order valence-electron chi connectivity index (χ0n) is 13.6. The highest BCUT2D eigenvalue weighted by Crippen LogP contribution is 2.30. The van der Waals surface area contributed by atoms with Crippen LogP contribution in [0.25, 0.3) is 0 Å². The van der Waals surface area contributed by atoms with Crippen LogP contribution in [0.4, 0.5) is 0 Å². The van der Waals surface area contributed by atoms with Crippen LogP contribution in [0, 0.1) is 5.92 Å². The van der Waals surface area contributed by atoms with Gasteiger partial charge in [-0.05, 0) is 55.8 Å². The summed E-state index contributed by atoms with van der Waals surface area (Å²) < 4.78 is 5.94. The summed E-state index contributed by atoms with van der Waals surface area (Å²) in [6, 6.07) is 4.64. The molecular formula is C18H30N2O. The smallest absolute Gasteiger partial charge is 0.0755 e. The van der Waals surface area contributed by atoms with E-state index in [0.29, 0.717) is 18.1 Å². The van der Waals surface area contributed by atoms with Gasteiger partial charge >= 0.3 is 0 Å². The normalized spacial score (nSPS) is 19.3. The average Bonchev–Trinajstić information content (AvgIpc) is 2.55. The van der Waals surface area contributed by atoms with Gasteiger partial charge in [-0.1, -0.05) is 26.2 Å². The summed E-state index contributed by atoms with van der Waals surface area (Å²) in [4.78, 5) is 4.12. The molecule has 0 amide bonds. The van der Waals surface area contributed by atoms with E-state index in [0.717, 1.165) is 19.4 Å². The number of hydrogen-bond acceptors (Lipinski definition) is 3. The minimum atomic E-state index is 0.324. The van der Waals surface area contributed by atoms with Crippen molar-refractivity contribution in [2.75, 3.05) is 13.7 Å². The zero-order chi connectivity index (χ0) is 14.9. The molecule has 0 radical (unpaired) electrons. The van der Waals surface area contributed by atoms with Gasteiger partial charge in [-0.15, -0.1) is 0 Å². The first-order chi connectivity index (χ1) is 10.3. The maximum Gasteiger partial charge on any atom is 0.0755 e. The minimum Gasteiger partial charge on any atom is -0.380 e. The van der Waals surface area contributed by atoms with Crippen LogP contribution < -0.4 is 5.32 Å². The molecule has 0 aromatic carbocycles. The molecule has 2 rings (SSSR count). The van der Waals surface area contributed by atoms with Crippen molar-refractivity contribution in [2.24, 2.45) is 5.92 Å². The molecule has 1 aliphatic carbocycles. The maximum absolute atomic E-state index is 5.94. The molecule has 0 spiro atoms. The second-order valence-electron chi connectivity index (χ2n) is 6.22. The molecule has 0 saturated heterocycles. The van der Waals surface area contributed by atoms with Gasteiger partial charge in [0.2, 0.25) is 0 Å². The van der Waals surface area contributed by atoms with E-state index in [9.17, 15) is 0 Å². The monoisotopic (exact) mass is 290 g/mol. The van der Waals surface area contributed by atoms with Crippen molar-refractivity contribution in [3.63, 3.8) is 0 Å². The fraction of sp³-hybridized carbons (Fsp3) is 0.722. The molecule has 3 heteroatoms. The molecule has 1 aliphatic rings. The Labute approximate surface area is 129 Å². The number of hydrogen-bond donors (Lipinski definition) is 1. The third-order valence-electron chi connectivity index (χ3n) is 4.64. The molecule has 1 saturated carbocycles. The summed E-state index contributed by atoms with van der Waals surface area (Å²) in [6.07, 6.45) is 13.0. The summed E-state index contributed by atoms with van der Waals surface area (Å²) in [5, 5.41) is 3.72. The fourth-order valence-corrected chi connectivity index (χ4v) is 3.55. The second-order valence-corrected chi connectivity index (χ2v) is 6.22. The molecule has 1 aromatic rings. The fourth-order valence-electron chi connectivity index (χ4n) is 3.55. The number of nitrogens with zero attached hydrogens (tertiary/aromatic N) is 1. The number of pyridine rings is 1. The SMILES string of the molecule is CCCNC(Cc1ccncc1)C(OC)C1CCCCC1. The van der Waals surface area contributed by atoms with E-state index in [1.54, 1.807) is 0 Å². The molecule has 1 fully saturated rings. The summed E-state index contributed by atoms with van der Waals surface area (Å²) in [6.45, 7) is 3.28. The highest BCUT2D eigenvalue weighted by Gasteiger charge is 2.30. The summed E-state index contributed by atoms with van der Waals surface area (Å²) in [7, 11) is 1.88. The molecule has 2 atom stereocenters. The van der Waals surface area contributed by atoms with Crippen molar-refractivity contribution in [1.82, 2.24) is 10.3 Å². The Morgan fingerprint density at radius 2 is 1.95 bits per heavy atom. The van der Waals surface area contributed by atoms with E-state index in [2.05, 4.69) is 29.4 Å². The third-order valence-corrected chi connectivity index (χ3v) is 4.64. The summed E-state index contributed by atoms with van der Waals surface area (Å²) >= 11 is 0. The average molecular weight is 290 g/mol. The Hall–Kier alpha value is -0.930. The Bertz CT molecular complexity index is 376. The lowest BCUT2D eigenvalue weighted by atomic mass is 9.81. The van der Waals surface area contributed by atoms with Crippen molar-refractivity contribution < 1.29 is 4.74 Å². The molecule has 2 unspecified atom stereocenters. The van der Waals surface area contributed by atoms with Gasteiger partial charge in [0.1, 0.15) is 0 Å². The van der Waals surface area contributed by atoms with Gasteiger partial charge < -0.3 is 10.1 Å². The topological polar surface area (TPSA) is 34.2 Å². The molecule has 21 heavy (non-hydrogen) atoms.